The molecule has 0 aliphatic carbocycles. The normalized spacial score (nSPS) is 16.2. The molecule has 0 amide bonds. The Morgan fingerprint density at radius 3 is 0.716 bits per heavy atom. The molecule has 0 radical (unpaired) electrons. The fourth-order valence-corrected chi connectivity index (χ4v) is 25.9. The smallest absolute Gasteiger partial charge is 0.395 e. The Hall–Kier alpha value is -9.87. The molecule has 0 aromatic heterocycles. The second-order valence-corrected chi connectivity index (χ2v) is 32.5. The summed E-state index contributed by atoms with van der Waals surface area (Å²) in [7, 11) is -17.6. The maximum absolute atomic E-state index is 15.8. The summed E-state index contributed by atoms with van der Waals surface area (Å²) in [6, 6.07) is 102. The van der Waals surface area contributed by atoms with Crippen molar-refractivity contribution in [3.63, 3.8) is 0 Å². The molecular formula is C76H52O8P2Si2. The van der Waals surface area contributed by atoms with Crippen molar-refractivity contribution in [2.24, 2.45) is 0 Å². The molecule has 14 aromatic rings. The van der Waals surface area contributed by atoms with E-state index in [0.29, 0.717) is 33.4 Å². The molecular weight excluding hydrogens is 1160 g/mol. The minimum atomic E-state index is -5.22. The summed E-state index contributed by atoms with van der Waals surface area (Å²) >= 11 is 0. The second-order valence-electron chi connectivity index (χ2n) is 22.4. The fraction of sp³-hybridized carbons (Fsp3) is 0. The molecule has 0 saturated carbocycles. The van der Waals surface area contributed by atoms with E-state index < -0.39 is 31.8 Å². The van der Waals surface area contributed by atoms with Crippen molar-refractivity contribution < 1.29 is 37.0 Å². The molecule has 2 unspecified atom stereocenters. The van der Waals surface area contributed by atoms with Gasteiger partial charge in [0.25, 0.3) is 0 Å². The second kappa shape index (κ2) is 20.9. The zero-order valence-corrected chi connectivity index (χ0v) is 50.9. The largest absolute Gasteiger partial charge is 0.584 e. The lowest BCUT2D eigenvalue weighted by atomic mass is 9.85. The lowest BCUT2D eigenvalue weighted by Crippen LogP contribution is -2.74. The first kappa shape index (κ1) is 53.6. The first-order valence-corrected chi connectivity index (χ1v) is 36.1. The molecule has 88 heavy (non-hydrogen) atoms. The molecule has 422 valence electrons. The van der Waals surface area contributed by atoms with Gasteiger partial charge in [-0.25, -0.2) is 9.13 Å². The van der Waals surface area contributed by atoms with Gasteiger partial charge in [-0.1, -0.05) is 291 Å². The molecule has 2 heterocycles. The zero-order chi connectivity index (χ0) is 59.2. The molecule has 14 aromatic carbocycles. The summed E-state index contributed by atoms with van der Waals surface area (Å²) in [4.78, 5) is 25.7. The third kappa shape index (κ3) is 8.40. The SMILES string of the molecule is O=P1(O)Oc2c(-c3cc4ccccc4c4c3OP(=O)(O)Oc3c([Si](c5ccccc5)(c5ccccc5)c5ccccc5)cc5ccccc5c3-4)cc3ccccc3c2-c2c(c([Si](c3ccccc3)(c3ccccc3)c3ccccc3)cc3ccccc23)O1. The van der Waals surface area contributed by atoms with Crippen LogP contribution in [0.5, 0.6) is 23.0 Å². The van der Waals surface area contributed by atoms with Gasteiger partial charge in [0.15, 0.2) is 16.1 Å². The molecule has 0 spiro atoms. The number of fused-ring (bicyclic) bond motifs is 14. The van der Waals surface area contributed by atoms with Crippen LogP contribution in [0.25, 0.3) is 76.5 Å². The van der Waals surface area contributed by atoms with E-state index in [1.807, 2.05) is 206 Å². The van der Waals surface area contributed by atoms with Crippen molar-refractivity contribution in [2.45, 2.75) is 0 Å². The van der Waals surface area contributed by atoms with Crippen molar-refractivity contribution >= 4 is 116 Å². The van der Waals surface area contributed by atoms with Crippen molar-refractivity contribution in [2.75, 3.05) is 0 Å². The van der Waals surface area contributed by atoms with Gasteiger partial charge in [-0.2, -0.15) is 0 Å². The number of hydrogen-bond acceptors (Lipinski definition) is 6. The van der Waals surface area contributed by atoms with E-state index in [1.54, 1.807) is 0 Å². The summed E-state index contributed by atoms with van der Waals surface area (Å²) in [6.07, 6.45) is 0. The third-order valence-corrected chi connectivity index (χ3v) is 28.9. The average molecular weight is 1210 g/mol. The van der Waals surface area contributed by atoms with E-state index in [2.05, 4.69) is 97.1 Å². The maximum Gasteiger partial charge on any atom is 0.584 e. The van der Waals surface area contributed by atoms with E-state index >= 15 is 9.13 Å². The predicted molar refractivity (Wildman–Crippen MR) is 362 cm³/mol. The number of phosphoric acid groups is 2. The van der Waals surface area contributed by atoms with Gasteiger partial charge in [-0.3, -0.25) is 9.79 Å². The average Bonchev–Trinajstić information content (AvgIpc) is 1.22. The lowest BCUT2D eigenvalue weighted by Gasteiger charge is -2.36. The van der Waals surface area contributed by atoms with Crippen LogP contribution in [-0.4, -0.2) is 25.9 Å². The van der Waals surface area contributed by atoms with Gasteiger partial charge in [0.1, 0.15) is 23.0 Å². The summed E-state index contributed by atoms with van der Waals surface area (Å²) in [5.74, 6) is 0.481. The summed E-state index contributed by atoms with van der Waals surface area (Å²) in [5.41, 5.74) is 2.75. The molecule has 12 heteroatoms. The van der Waals surface area contributed by atoms with E-state index in [0.717, 1.165) is 84.6 Å². The van der Waals surface area contributed by atoms with Crippen molar-refractivity contribution in [3.8, 4) is 56.4 Å². The van der Waals surface area contributed by atoms with Crippen LogP contribution in [0, 0.1) is 0 Å². The Bertz CT molecular complexity index is 4680. The highest BCUT2D eigenvalue weighted by Crippen LogP contribution is 2.64. The van der Waals surface area contributed by atoms with Crippen LogP contribution in [0.15, 0.2) is 303 Å². The van der Waals surface area contributed by atoms with Crippen LogP contribution in [0.3, 0.4) is 0 Å². The van der Waals surface area contributed by atoms with Gasteiger partial charge in [-0.15, -0.1) is 0 Å². The highest BCUT2D eigenvalue weighted by atomic mass is 31.2. The van der Waals surface area contributed by atoms with Gasteiger partial charge >= 0.3 is 15.6 Å². The molecule has 2 N–H and O–H groups in total. The number of rotatable bonds is 9. The van der Waals surface area contributed by atoms with Gasteiger partial charge in [0.2, 0.25) is 0 Å². The Kier molecular flexibility index (Phi) is 12.8. The monoisotopic (exact) mass is 1210 g/mol. The van der Waals surface area contributed by atoms with E-state index in [1.165, 1.54) is 0 Å². The molecule has 16 rings (SSSR count). The van der Waals surface area contributed by atoms with Gasteiger partial charge < -0.3 is 18.1 Å². The zero-order valence-electron chi connectivity index (χ0n) is 47.1. The van der Waals surface area contributed by atoms with Gasteiger partial charge in [0.05, 0.1) is 0 Å². The van der Waals surface area contributed by atoms with Crippen LogP contribution in [0.1, 0.15) is 0 Å². The number of benzene rings is 14. The van der Waals surface area contributed by atoms with Crippen LogP contribution < -0.4 is 59.6 Å². The topological polar surface area (TPSA) is 112 Å². The Balaban J connectivity index is 1.07. The van der Waals surface area contributed by atoms with Crippen LogP contribution >= 0.6 is 15.6 Å². The van der Waals surface area contributed by atoms with Gasteiger partial charge in [0, 0.05) is 33.4 Å². The summed E-state index contributed by atoms with van der Waals surface area (Å²) in [5, 5.41) is 13.9. The minimum absolute atomic E-state index is 0.0264. The molecule has 2 aliphatic rings. The molecule has 8 nitrogen and oxygen atoms in total. The molecule has 0 fully saturated rings. The lowest BCUT2D eigenvalue weighted by molar-refractivity contribution is 0.292. The Morgan fingerprint density at radius 1 is 0.250 bits per heavy atom. The molecule has 2 atom stereocenters. The van der Waals surface area contributed by atoms with Crippen molar-refractivity contribution in [1.29, 1.82) is 0 Å². The minimum Gasteiger partial charge on any atom is -0.395 e. The molecule has 0 bridgehead atoms. The van der Waals surface area contributed by atoms with Crippen LogP contribution in [0.4, 0.5) is 0 Å². The quantitative estimate of drug-likeness (QED) is 0.0835. The number of hydrogen-bond donors (Lipinski definition) is 2. The van der Waals surface area contributed by atoms with E-state index in [-0.39, 0.29) is 23.0 Å². The highest BCUT2D eigenvalue weighted by molar-refractivity contribution is 7.48. The molecule has 0 saturated heterocycles. The highest BCUT2D eigenvalue weighted by Gasteiger charge is 2.50. The van der Waals surface area contributed by atoms with Crippen molar-refractivity contribution in [3.05, 3.63) is 303 Å². The maximum atomic E-state index is 15.8. The van der Waals surface area contributed by atoms with E-state index in [4.69, 9.17) is 18.1 Å². The van der Waals surface area contributed by atoms with Crippen molar-refractivity contribution in [1.82, 2.24) is 0 Å². The third-order valence-electron chi connectivity index (χ3n) is 17.7. The Labute approximate surface area is 510 Å². The first-order chi connectivity index (χ1) is 43.1. The predicted octanol–water partition coefficient (Wildman–Crippen LogP) is 13.8. The van der Waals surface area contributed by atoms with E-state index in [9.17, 15) is 9.79 Å². The Morgan fingerprint density at radius 2 is 0.455 bits per heavy atom. The fourth-order valence-electron chi connectivity index (χ4n) is 14.2. The number of phosphoric ester groups is 2. The summed E-state index contributed by atoms with van der Waals surface area (Å²) < 4.78 is 58.8. The van der Waals surface area contributed by atoms with Gasteiger partial charge in [-0.05, 0) is 96.7 Å². The van der Waals surface area contributed by atoms with Crippen LogP contribution in [0.2, 0.25) is 0 Å². The standard InChI is InChI=1S/C76H52O8P2Si2/c77-85(78)81-73-65(47-51-27-19-23-43-61(51)69(73)71-63-45-25-21-29-53(63)49-67(75(71)83-85)87(55-31-7-1-8-32-55,56-33-9-2-10-34-56)57-35-11-3-12-36-57)66-48-52-28-20-24-44-62(52)70-72-64-46-26-22-30-54(64)50-68(76(72)84-86(79,80)82-74(66)70)88(58-37-13-4-14-38-58,59-39-15-5-16-40-59)60-41-17-6-18-42-60/h1-50H,(H,77,78)(H,79,80). The summed E-state index contributed by atoms with van der Waals surface area (Å²) in [6.45, 7) is 0. The first-order valence-electron chi connectivity index (χ1n) is 29.1. The van der Waals surface area contributed by atoms with Crippen LogP contribution in [-0.2, 0) is 9.13 Å². The molecule has 2 aliphatic heterocycles.